The van der Waals surface area contributed by atoms with Gasteiger partial charge in [0, 0.05) is 26.2 Å². The molecule has 0 fully saturated rings. The number of benzene rings is 2. The second kappa shape index (κ2) is 10.1. The van der Waals surface area contributed by atoms with Crippen LogP contribution in [0.5, 0.6) is 0 Å². The van der Waals surface area contributed by atoms with Gasteiger partial charge < -0.3 is 15.5 Å². The van der Waals surface area contributed by atoms with E-state index in [4.69, 9.17) is 0 Å². The number of hydrogen-bond acceptors (Lipinski definition) is 4. The molecule has 1 unspecified atom stereocenters. The monoisotopic (exact) mass is 477 g/mol. The van der Waals surface area contributed by atoms with Gasteiger partial charge in [0.1, 0.15) is 17.1 Å². The largest absolute Gasteiger partial charge is 0.351 e. The second-order valence-corrected chi connectivity index (χ2v) is 8.86. The molecule has 0 saturated heterocycles. The molecule has 3 aromatic rings. The highest BCUT2D eigenvalue weighted by Crippen LogP contribution is 2.26. The van der Waals surface area contributed by atoms with Crippen LogP contribution in [-0.4, -0.2) is 51.5 Å². The molecular weight excluding hydrogens is 449 g/mol. The van der Waals surface area contributed by atoms with Crippen LogP contribution in [0.3, 0.4) is 0 Å². The van der Waals surface area contributed by atoms with Gasteiger partial charge in [0.2, 0.25) is 5.91 Å². The van der Waals surface area contributed by atoms with Gasteiger partial charge in [-0.25, -0.2) is 4.39 Å². The molecule has 8 nitrogen and oxygen atoms in total. The number of aryl methyl sites for hydroxylation is 1. The highest BCUT2D eigenvalue weighted by atomic mass is 19.1. The molecule has 2 aromatic carbocycles. The summed E-state index contributed by atoms with van der Waals surface area (Å²) in [6, 6.07) is 17.3. The van der Waals surface area contributed by atoms with Crippen LogP contribution in [0.4, 0.5) is 4.39 Å². The fourth-order valence-electron chi connectivity index (χ4n) is 4.04. The van der Waals surface area contributed by atoms with Crippen molar-refractivity contribution in [3.8, 4) is 0 Å². The minimum absolute atomic E-state index is 0.0983. The fraction of sp³-hybridized carbons (Fsp3) is 0.308. The van der Waals surface area contributed by atoms with E-state index in [0.717, 1.165) is 18.4 Å². The van der Waals surface area contributed by atoms with E-state index in [2.05, 4.69) is 15.7 Å². The topological polar surface area (TPSA) is 96.3 Å². The van der Waals surface area contributed by atoms with Crippen LogP contribution in [0, 0.1) is 5.82 Å². The summed E-state index contributed by atoms with van der Waals surface area (Å²) in [6.07, 6.45) is 1.62. The maximum Gasteiger partial charge on any atom is 0.272 e. The highest BCUT2D eigenvalue weighted by molar-refractivity contribution is 6.01. The van der Waals surface area contributed by atoms with Gasteiger partial charge >= 0.3 is 0 Å². The normalized spacial score (nSPS) is 17.1. The number of nitrogens with one attached hydrogen (secondary N) is 2. The third-order valence-corrected chi connectivity index (χ3v) is 6.36. The van der Waals surface area contributed by atoms with Crippen LogP contribution in [0.2, 0.25) is 0 Å². The van der Waals surface area contributed by atoms with Crippen molar-refractivity contribution in [3.05, 3.63) is 89.0 Å². The van der Waals surface area contributed by atoms with E-state index in [9.17, 15) is 18.8 Å². The lowest BCUT2D eigenvalue weighted by molar-refractivity contribution is -0.132. The number of nitrogens with zero attached hydrogens (tertiary/aromatic N) is 3. The van der Waals surface area contributed by atoms with Crippen LogP contribution < -0.4 is 10.6 Å². The first-order chi connectivity index (χ1) is 16.8. The van der Waals surface area contributed by atoms with Crippen LogP contribution in [-0.2, 0) is 24.3 Å². The molecule has 0 saturated carbocycles. The maximum atomic E-state index is 13.1. The molecule has 35 heavy (non-hydrogen) atoms. The minimum atomic E-state index is -1.21. The molecule has 1 atom stereocenters. The summed E-state index contributed by atoms with van der Waals surface area (Å²) < 4.78 is 14.5. The van der Waals surface area contributed by atoms with Crippen LogP contribution in [0.25, 0.3) is 0 Å². The van der Waals surface area contributed by atoms with Gasteiger partial charge in [-0.2, -0.15) is 5.10 Å². The average Bonchev–Trinajstić information content (AvgIpc) is 3.29. The van der Waals surface area contributed by atoms with Gasteiger partial charge in [-0.15, -0.1) is 0 Å². The lowest BCUT2D eigenvalue weighted by Gasteiger charge is -2.40. The SMILES string of the molecule is CN1C(=O)c2cc(C(=O)NCCCc3ccccc3)nn2CC1(C)C(=O)NCc1ccc(F)cc1. The first kappa shape index (κ1) is 24.1. The number of rotatable bonds is 8. The Labute approximate surface area is 203 Å². The van der Waals surface area contributed by atoms with Gasteiger partial charge in [0.15, 0.2) is 5.69 Å². The predicted molar refractivity (Wildman–Crippen MR) is 128 cm³/mol. The second-order valence-electron chi connectivity index (χ2n) is 8.86. The third-order valence-electron chi connectivity index (χ3n) is 6.36. The van der Waals surface area contributed by atoms with Crippen molar-refractivity contribution in [1.82, 2.24) is 25.3 Å². The zero-order chi connectivity index (χ0) is 25.0. The summed E-state index contributed by atoms with van der Waals surface area (Å²) in [7, 11) is 1.56. The highest BCUT2D eigenvalue weighted by Gasteiger charge is 2.46. The van der Waals surface area contributed by atoms with E-state index in [0.29, 0.717) is 6.54 Å². The zero-order valence-electron chi connectivity index (χ0n) is 19.8. The molecule has 3 amide bonds. The van der Waals surface area contributed by atoms with E-state index in [1.807, 2.05) is 30.3 Å². The van der Waals surface area contributed by atoms with E-state index >= 15 is 0 Å². The lowest BCUT2D eigenvalue weighted by Crippen LogP contribution is -2.62. The summed E-state index contributed by atoms with van der Waals surface area (Å²) in [5, 5.41) is 9.97. The van der Waals surface area contributed by atoms with Crippen LogP contribution in [0.15, 0.2) is 60.7 Å². The number of hydrogen-bond donors (Lipinski definition) is 2. The molecule has 182 valence electrons. The zero-order valence-corrected chi connectivity index (χ0v) is 19.8. The van der Waals surface area contributed by atoms with E-state index in [1.165, 1.54) is 33.3 Å². The van der Waals surface area contributed by atoms with Crippen molar-refractivity contribution in [1.29, 1.82) is 0 Å². The molecule has 1 aliphatic rings. The van der Waals surface area contributed by atoms with E-state index in [-0.39, 0.29) is 42.1 Å². The summed E-state index contributed by atoms with van der Waals surface area (Å²) in [5.41, 5.74) is 1.12. The Kier molecular flexibility index (Phi) is 6.95. The maximum absolute atomic E-state index is 13.1. The first-order valence-corrected chi connectivity index (χ1v) is 11.5. The van der Waals surface area contributed by atoms with Crippen molar-refractivity contribution in [2.45, 2.75) is 38.4 Å². The van der Waals surface area contributed by atoms with Gasteiger partial charge in [0.05, 0.1) is 6.54 Å². The van der Waals surface area contributed by atoms with Crippen LogP contribution >= 0.6 is 0 Å². The molecule has 2 N–H and O–H groups in total. The van der Waals surface area contributed by atoms with Crippen molar-refractivity contribution in [2.75, 3.05) is 13.6 Å². The Morgan fingerprint density at radius 2 is 1.77 bits per heavy atom. The Bertz CT molecular complexity index is 1230. The smallest absolute Gasteiger partial charge is 0.272 e. The van der Waals surface area contributed by atoms with Crippen molar-refractivity contribution >= 4 is 17.7 Å². The quantitative estimate of drug-likeness (QED) is 0.488. The van der Waals surface area contributed by atoms with Gasteiger partial charge in [0.25, 0.3) is 11.8 Å². The molecular formula is C26H28FN5O3. The number of aromatic nitrogens is 2. The summed E-state index contributed by atoms with van der Waals surface area (Å²) >= 11 is 0. The summed E-state index contributed by atoms with van der Waals surface area (Å²) in [5.74, 6) is -1.48. The van der Waals surface area contributed by atoms with Crippen LogP contribution in [0.1, 0.15) is 45.4 Å². The number of fused-ring (bicyclic) bond motifs is 1. The molecule has 4 rings (SSSR count). The number of carbonyl (C=O) groups is 3. The van der Waals surface area contributed by atoms with Gasteiger partial charge in [-0.3, -0.25) is 19.1 Å². The average molecular weight is 478 g/mol. The van der Waals surface area contributed by atoms with E-state index in [1.54, 1.807) is 26.1 Å². The molecule has 0 bridgehead atoms. The summed E-state index contributed by atoms with van der Waals surface area (Å²) in [6.45, 7) is 2.42. The van der Waals surface area contributed by atoms with Gasteiger partial charge in [-0.1, -0.05) is 42.5 Å². The Morgan fingerprint density at radius 1 is 1.06 bits per heavy atom. The number of amides is 3. The standard InChI is InChI=1S/C26H28FN5O3/c1-26(25(35)29-16-19-10-12-20(27)13-11-19)17-32-22(24(34)31(26)2)15-21(30-32)23(33)28-14-6-9-18-7-4-3-5-8-18/h3-5,7-8,10-13,15H,6,9,14,16-17H2,1-2H3,(H,28,33)(H,29,35). The van der Waals surface area contributed by atoms with Crippen molar-refractivity contribution in [3.63, 3.8) is 0 Å². The Hall–Kier alpha value is -4.01. The van der Waals surface area contributed by atoms with Gasteiger partial charge in [-0.05, 0) is 43.0 Å². The number of likely N-dealkylation sites (N-methyl/N-ethyl adjacent to an activating group) is 1. The fourth-order valence-corrected chi connectivity index (χ4v) is 4.04. The number of carbonyl (C=O) groups excluding carboxylic acids is 3. The van der Waals surface area contributed by atoms with E-state index < -0.39 is 11.4 Å². The molecule has 2 heterocycles. The minimum Gasteiger partial charge on any atom is -0.351 e. The van der Waals surface area contributed by atoms with Crippen molar-refractivity contribution in [2.24, 2.45) is 0 Å². The lowest BCUT2D eigenvalue weighted by atomic mass is 9.96. The first-order valence-electron chi connectivity index (χ1n) is 11.5. The predicted octanol–water partition coefficient (Wildman–Crippen LogP) is 2.55. The third kappa shape index (κ3) is 5.24. The molecule has 0 aliphatic carbocycles. The Balaban J connectivity index is 1.38. The molecule has 1 aromatic heterocycles. The summed E-state index contributed by atoms with van der Waals surface area (Å²) in [4.78, 5) is 40.1. The van der Waals surface area contributed by atoms with Crippen molar-refractivity contribution < 1.29 is 18.8 Å². The Morgan fingerprint density at radius 3 is 2.49 bits per heavy atom. The molecule has 0 radical (unpaired) electrons. The molecule has 0 spiro atoms. The molecule has 1 aliphatic heterocycles. The number of halogens is 1. The molecule has 9 heteroatoms.